The Hall–Kier alpha value is -13.1. The molecule has 0 bridgehead atoms. The van der Waals surface area contributed by atoms with Gasteiger partial charge in [0.2, 0.25) is 0 Å². The summed E-state index contributed by atoms with van der Waals surface area (Å²) >= 11 is 12.9. The van der Waals surface area contributed by atoms with Gasteiger partial charge in [-0.05, 0) is 220 Å². The van der Waals surface area contributed by atoms with Crippen LogP contribution in [-0.2, 0) is 0 Å². The minimum absolute atomic E-state index is 0. The first kappa shape index (κ1) is 79.0. The smallest absolute Gasteiger partial charge is 0.137 e. The van der Waals surface area contributed by atoms with E-state index in [0.717, 1.165) is 104 Å². The Labute approximate surface area is 739 Å². The summed E-state index contributed by atoms with van der Waals surface area (Å²) in [4.78, 5) is 4.38. The minimum Gasteiger partial charge on any atom is -0.456 e. The predicted molar refractivity (Wildman–Crippen MR) is 540 cm³/mol. The number of fused-ring (bicyclic) bond motifs is 18. The van der Waals surface area contributed by atoms with Crippen LogP contribution in [0.4, 0.5) is 34.1 Å². The molecule has 5 aromatic heterocycles. The van der Waals surface area contributed by atoms with Crippen molar-refractivity contribution in [3.05, 3.63) is 421 Å². The average molecular weight is 1840 g/mol. The van der Waals surface area contributed by atoms with Crippen molar-refractivity contribution in [2.75, 3.05) is 20.9 Å². The number of rotatable bonds is 8. The summed E-state index contributed by atoms with van der Waals surface area (Å²) in [7, 11) is 0. The first-order chi connectivity index (χ1) is 59.2. The fourth-order valence-electron chi connectivity index (χ4n) is 16.1. The molecule has 0 amide bonds. The molecule has 0 aliphatic heterocycles. The van der Waals surface area contributed by atoms with Gasteiger partial charge in [0.05, 0.1) is 37.9 Å². The van der Waals surface area contributed by atoms with Gasteiger partial charge in [-0.3, -0.25) is 0 Å². The Balaban J connectivity index is 0.000000111. The van der Waals surface area contributed by atoms with E-state index in [1.807, 2.05) is 106 Å². The third kappa shape index (κ3) is 16.1. The number of furan rings is 3. The quantitative estimate of drug-likeness (QED) is 0.0896. The first-order valence-electron chi connectivity index (χ1n) is 39.5. The van der Waals surface area contributed by atoms with Crippen molar-refractivity contribution in [3.8, 4) is 33.4 Å². The largest absolute Gasteiger partial charge is 0.456 e. The molecule has 0 aliphatic carbocycles. The van der Waals surface area contributed by atoms with Gasteiger partial charge in [0.1, 0.15) is 33.5 Å². The molecule has 3 N–H and O–H groups in total. The van der Waals surface area contributed by atoms with Crippen LogP contribution in [0.15, 0.2) is 435 Å². The average Bonchev–Trinajstić information content (AvgIpc) is 1.74. The van der Waals surface area contributed by atoms with Gasteiger partial charge in [0.25, 0.3) is 0 Å². The Kier molecular flexibility index (Phi) is 23.1. The highest BCUT2D eigenvalue weighted by Gasteiger charge is 2.23. The first-order valence-corrected chi connectivity index (χ1v) is 44.9. The van der Waals surface area contributed by atoms with Gasteiger partial charge in [0, 0.05) is 77.8 Å². The highest BCUT2D eigenvalue weighted by Crippen LogP contribution is 2.49. The van der Waals surface area contributed by atoms with E-state index in [1.165, 1.54) is 111 Å². The molecule has 11 heteroatoms. The fourth-order valence-corrected chi connectivity index (χ4v) is 19.3. The SMILES string of the molecule is Brc1ccc(-c2ccc3ccccc3c2)cc1.Brc1cccc2c1sc1ccccc12.C.CI.Nc1cccc2oc3ccccc3c12.c1ccc2cc(-c3ccc(N(c4cccc5c4sc4ccccc45)c4cccc5oc6ccccc6c45)cc3)ccc2c1.c1ccc2cc(-c3ccc(Nc4cccc5oc6ccccc6c45)cc3)ccc2c1. The molecule has 0 unspecified atom stereocenters. The normalized spacial score (nSPS) is 11.1. The van der Waals surface area contributed by atoms with Crippen molar-refractivity contribution in [2.24, 2.45) is 0 Å². The molecule has 0 radical (unpaired) electrons. The van der Waals surface area contributed by atoms with Gasteiger partial charge in [-0.25, -0.2) is 0 Å². The lowest BCUT2D eigenvalue weighted by Gasteiger charge is -2.27. The van der Waals surface area contributed by atoms with E-state index >= 15 is 0 Å². The van der Waals surface area contributed by atoms with Gasteiger partial charge in [-0.2, -0.15) is 0 Å². The number of halogens is 3. The molecule has 5 heterocycles. The lowest BCUT2D eigenvalue weighted by molar-refractivity contribution is 0.668. The van der Waals surface area contributed by atoms with Crippen LogP contribution in [0.25, 0.3) is 172 Å². The highest BCUT2D eigenvalue weighted by molar-refractivity contribution is 14.1. The second kappa shape index (κ2) is 35.4. The Bertz CT molecular complexity index is 7860. The zero-order valence-corrected chi connectivity index (χ0v) is 71.9. The number of benzene rings is 19. The maximum absolute atomic E-state index is 6.34. The molecule has 19 aromatic carbocycles. The van der Waals surface area contributed by atoms with Crippen LogP contribution >= 0.6 is 77.1 Å². The zero-order chi connectivity index (χ0) is 81.0. The second-order valence-electron chi connectivity index (χ2n) is 29.1. The summed E-state index contributed by atoms with van der Waals surface area (Å²) in [5.74, 6) is 0. The molecule has 584 valence electrons. The number of hydrogen-bond acceptors (Lipinski definition) is 8. The number of nitrogens with two attached hydrogens (primary N) is 1. The van der Waals surface area contributed by atoms with Gasteiger partial charge in [-0.15, -0.1) is 22.7 Å². The van der Waals surface area contributed by atoms with Crippen molar-refractivity contribution >= 4 is 250 Å². The van der Waals surface area contributed by atoms with Crippen LogP contribution in [0.2, 0.25) is 0 Å². The molecule has 0 spiro atoms. The molecule has 6 nitrogen and oxygen atoms in total. The number of anilines is 6. The van der Waals surface area contributed by atoms with Crippen LogP contribution in [0, 0.1) is 0 Å². The third-order valence-electron chi connectivity index (χ3n) is 21.8. The van der Waals surface area contributed by atoms with E-state index in [2.05, 4.69) is 398 Å². The Morgan fingerprint density at radius 1 is 0.289 bits per heavy atom. The van der Waals surface area contributed by atoms with Crippen molar-refractivity contribution in [2.45, 2.75) is 7.43 Å². The molecular weight excluding hydrogens is 1760 g/mol. The Morgan fingerprint density at radius 3 is 1.17 bits per heavy atom. The van der Waals surface area contributed by atoms with Gasteiger partial charge in [-0.1, -0.05) is 325 Å². The van der Waals surface area contributed by atoms with E-state index in [0.29, 0.717) is 0 Å². The Morgan fingerprint density at radius 2 is 0.645 bits per heavy atom. The second-order valence-corrected chi connectivity index (χ2v) is 33.0. The third-order valence-corrected chi connectivity index (χ3v) is 25.7. The van der Waals surface area contributed by atoms with E-state index < -0.39 is 0 Å². The number of alkyl halides is 1. The summed E-state index contributed by atoms with van der Waals surface area (Å²) in [6.07, 6.45) is 0. The molecule has 24 rings (SSSR count). The van der Waals surface area contributed by atoms with Crippen LogP contribution in [0.3, 0.4) is 0 Å². The molecule has 0 aliphatic rings. The van der Waals surface area contributed by atoms with Crippen molar-refractivity contribution < 1.29 is 13.3 Å². The standard InChI is InChI=1S/C40H25NOS.C28H19NO.C16H11Br.C12H7BrS.C12H9NO.CH3I.CH4/c1-2-10-28-25-29(20-19-26(28)9-1)27-21-23-30(24-22-27)41(34-14-8-17-37-39(34)33-12-3-5-16-36(33)42-37)35-15-7-13-32-31-11-4-6-18-38(31)43-40(32)35;1-2-7-21-18-22(13-12-19(21)6-1)20-14-16-23(17-15-20)29-25-9-5-11-27-28(25)24-8-3-4-10-26(24)30-27;17-16-9-7-13(8-10-16)15-6-5-12-3-1-2-4-14(12)11-15;13-10-6-3-5-9-8-4-1-2-7-11(8)14-12(9)10;13-9-5-3-7-11-12(9)8-4-1-2-6-10(8)14-11;1-2;/h1-25H;1-18,29H;1-11H;1-7H;1-7H,13H2;1H3;1H4. The zero-order valence-electron chi connectivity index (χ0n) is 65.0. The predicted octanol–water partition coefficient (Wildman–Crippen LogP) is 35.3. The minimum atomic E-state index is 0. The maximum Gasteiger partial charge on any atom is 0.137 e. The van der Waals surface area contributed by atoms with E-state index in [1.54, 1.807) is 0 Å². The molecule has 0 atom stereocenters. The van der Waals surface area contributed by atoms with Gasteiger partial charge >= 0.3 is 0 Å². The van der Waals surface area contributed by atoms with E-state index in [4.69, 9.17) is 19.0 Å². The number of thiophene rings is 2. The highest BCUT2D eigenvalue weighted by atomic mass is 127. The monoisotopic (exact) mass is 1840 g/mol. The van der Waals surface area contributed by atoms with Crippen LogP contribution < -0.4 is 16.0 Å². The summed E-state index contributed by atoms with van der Waals surface area (Å²) in [6, 6.07) is 144. The number of hydrogen-bond donors (Lipinski definition) is 2. The topological polar surface area (TPSA) is 80.7 Å². The maximum atomic E-state index is 6.34. The van der Waals surface area contributed by atoms with Crippen molar-refractivity contribution in [3.63, 3.8) is 0 Å². The lowest BCUT2D eigenvalue weighted by atomic mass is 10.0. The van der Waals surface area contributed by atoms with Crippen LogP contribution in [-0.4, -0.2) is 4.93 Å². The summed E-state index contributed by atoms with van der Waals surface area (Å²) in [5.41, 5.74) is 24.8. The summed E-state index contributed by atoms with van der Waals surface area (Å²) in [5, 5.41) is 23.0. The molecule has 0 fully saturated rings. The van der Waals surface area contributed by atoms with E-state index in [-0.39, 0.29) is 7.43 Å². The number of nitrogens with zero attached hydrogens (tertiary/aromatic N) is 1. The summed E-state index contributed by atoms with van der Waals surface area (Å²) in [6.45, 7) is 0. The molecular formula is C110H78Br2IN3O3S2. The van der Waals surface area contributed by atoms with Crippen LogP contribution in [0.5, 0.6) is 0 Å². The number of nitrogen functional groups attached to an aromatic ring is 1. The van der Waals surface area contributed by atoms with Crippen molar-refractivity contribution in [1.29, 1.82) is 0 Å². The van der Waals surface area contributed by atoms with Crippen molar-refractivity contribution in [1.82, 2.24) is 0 Å². The van der Waals surface area contributed by atoms with E-state index in [9.17, 15) is 0 Å². The molecule has 0 saturated carbocycles. The lowest BCUT2D eigenvalue weighted by Crippen LogP contribution is -2.10. The molecule has 0 saturated heterocycles. The van der Waals surface area contributed by atoms with Gasteiger partial charge in [0.15, 0.2) is 0 Å². The summed E-state index contributed by atoms with van der Waals surface area (Å²) < 4.78 is 25.6. The number of nitrogens with one attached hydrogen (secondary N) is 1. The number of para-hydroxylation sites is 3. The van der Waals surface area contributed by atoms with Gasteiger partial charge < -0.3 is 29.2 Å². The molecule has 24 aromatic rings. The molecule has 121 heavy (non-hydrogen) atoms. The van der Waals surface area contributed by atoms with Crippen LogP contribution in [0.1, 0.15) is 7.43 Å². The fraction of sp³-hybridized carbons (Fsp3) is 0.0182.